The zero-order valence-corrected chi connectivity index (χ0v) is 31.5. The fourth-order valence-electron chi connectivity index (χ4n) is 8.21. The second-order valence-electron chi connectivity index (χ2n) is 14.5. The van der Waals surface area contributed by atoms with Crippen molar-refractivity contribution in [3.05, 3.63) is 237 Å². The van der Waals surface area contributed by atoms with Gasteiger partial charge >= 0.3 is 0 Å². The van der Waals surface area contributed by atoms with Crippen molar-refractivity contribution in [1.82, 2.24) is 0 Å². The van der Waals surface area contributed by atoms with E-state index in [0.717, 1.165) is 22.6 Å². The highest BCUT2D eigenvalue weighted by molar-refractivity contribution is 5.99. The Morgan fingerprint density at radius 2 is 0.667 bits per heavy atom. The molecule has 10 rings (SSSR count). The van der Waals surface area contributed by atoms with E-state index >= 15 is 0 Å². The van der Waals surface area contributed by atoms with Crippen LogP contribution in [-0.4, -0.2) is 0 Å². The van der Waals surface area contributed by atoms with Gasteiger partial charge in [0.15, 0.2) is 0 Å². The summed E-state index contributed by atoms with van der Waals surface area (Å²) in [6, 6.07) is 85.8. The molecule has 0 spiro atoms. The molecule has 10 aromatic carbocycles. The van der Waals surface area contributed by atoms with E-state index in [-0.39, 0.29) is 0 Å². The van der Waals surface area contributed by atoms with Crippen LogP contribution in [0.4, 0.5) is 17.1 Å². The zero-order valence-electron chi connectivity index (χ0n) is 31.5. The van der Waals surface area contributed by atoms with E-state index < -0.39 is 0 Å². The van der Waals surface area contributed by atoms with Gasteiger partial charge < -0.3 is 4.90 Å². The molecule has 0 bridgehead atoms. The van der Waals surface area contributed by atoms with E-state index in [2.05, 4.69) is 241 Å². The highest BCUT2D eigenvalue weighted by Crippen LogP contribution is 2.47. The van der Waals surface area contributed by atoms with Crippen molar-refractivity contribution < 1.29 is 0 Å². The summed E-state index contributed by atoms with van der Waals surface area (Å²) in [5.41, 5.74) is 15.2. The molecule has 0 atom stereocenters. The van der Waals surface area contributed by atoms with Crippen LogP contribution >= 0.6 is 0 Å². The van der Waals surface area contributed by atoms with Crippen molar-refractivity contribution in [2.45, 2.75) is 0 Å². The molecule has 57 heavy (non-hydrogen) atoms. The minimum Gasteiger partial charge on any atom is -0.310 e. The fraction of sp³-hybridized carbons (Fsp3) is 0. The Kier molecular flexibility index (Phi) is 8.95. The molecule has 0 radical (unpaired) electrons. The van der Waals surface area contributed by atoms with Crippen molar-refractivity contribution in [1.29, 1.82) is 0 Å². The fourth-order valence-corrected chi connectivity index (χ4v) is 8.21. The Labute approximate surface area is 334 Å². The number of hydrogen-bond acceptors (Lipinski definition) is 1. The first-order chi connectivity index (χ1) is 28.3. The Hall–Kier alpha value is -7.48. The van der Waals surface area contributed by atoms with Crippen molar-refractivity contribution in [2.24, 2.45) is 0 Å². The highest BCUT2D eigenvalue weighted by atomic mass is 15.1. The molecule has 1 heteroatoms. The van der Waals surface area contributed by atoms with Crippen LogP contribution in [0, 0.1) is 0 Å². The van der Waals surface area contributed by atoms with Gasteiger partial charge in [-0.2, -0.15) is 0 Å². The Morgan fingerprint density at radius 1 is 0.211 bits per heavy atom. The number of rotatable bonds is 8. The van der Waals surface area contributed by atoms with E-state index in [4.69, 9.17) is 0 Å². The van der Waals surface area contributed by atoms with Crippen LogP contribution in [0.2, 0.25) is 0 Å². The van der Waals surface area contributed by atoms with Crippen LogP contribution in [0.5, 0.6) is 0 Å². The minimum atomic E-state index is 1.09. The van der Waals surface area contributed by atoms with Gasteiger partial charge in [-0.1, -0.05) is 194 Å². The Morgan fingerprint density at radius 3 is 1.39 bits per heavy atom. The van der Waals surface area contributed by atoms with Gasteiger partial charge in [0.05, 0.1) is 5.69 Å². The Bertz CT molecular complexity index is 3000. The maximum atomic E-state index is 2.42. The smallest absolute Gasteiger partial charge is 0.0540 e. The summed E-state index contributed by atoms with van der Waals surface area (Å²) in [5.74, 6) is 0. The third-order valence-corrected chi connectivity index (χ3v) is 11.1. The van der Waals surface area contributed by atoms with Gasteiger partial charge in [0.2, 0.25) is 0 Å². The lowest BCUT2D eigenvalue weighted by Crippen LogP contribution is -2.11. The first-order valence-electron chi connectivity index (χ1n) is 19.6. The van der Waals surface area contributed by atoms with E-state index in [1.165, 1.54) is 71.6 Å². The molecule has 0 aliphatic heterocycles. The van der Waals surface area contributed by atoms with Crippen LogP contribution in [0.3, 0.4) is 0 Å². The molecule has 0 saturated carbocycles. The van der Waals surface area contributed by atoms with Gasteiger partial charge in [0.1, 0.15) is 0 Å². The van der Waals surface area contributed by atoms with E-state index in [0.29, 0.717) is 0 Å². The SMILES string of the molecule is c1ccc(-c2ccc(-c3ccccc3-c3ccccc3)c(-c3ccccc3N(c3ccc(-c4ccc5ccccc5c4)cc3)c3ccc4ccccc4c3)c2)cc1. The van der Waals surface area contributed by atoms with Crippen molar-refractivity contribution in [3.63, 3.8) is 0 Å². The van der Waals surface area contributed by atoms with E-state index in [1.54, 1.807) is 0 Å². The minimum absolute atomic E-state index is 1.09. The summed E-state index contributed by atoms with van der Waals surface area (Å²) < 4.78 is 0. The summed E-state index contributed by atoms with van der Waals surface area (Å²) >= 11 is 0. The average Bonchev–Trinajstić information content (AvgIpc) is 3.30. The largest absolute Gasteiger partial charge is 0.310 e. The first kappa shape index (κ1) is 34.0. The lowest BCUT2D eigenvalue weighted by atomic mass is 9.86. The number of nitrogens with zero attached hydrogens (tertiary/aromatic N) is 1. The number of hydrogen-bond donors (Lipinski definition) is 0. The zero-order chi connectivity index (χ0) is 38.0. The lowest BCUT2D eigenvalue weighted by Gasteiger charge is -2.29. The third-order valence-electron chi connectivity index (χ3n) is 11.1. The molecule has 0 aliphatic rings. The molecule has 0 unspecified atom stereocenters. The first-order valence-corrected chi connectivity index (χ1v) is 19.6. The molecule has 0 saturated heterocycles. The molecule has 0 aliphatic carbocycles. The van der Waals surface area contributed by atoms with Gasteiger partial charge in [0.25, 0.3) is 0 Å². The van der Waals surface area contributed by atoms with Gasteiger partial charge in [-0.15, -0.1) is 0 Å². The van der Waals surface area contributed by atoms with Crippen LogP contribution in [-0.2, 0) is 0 Å². The standard InChI is InChI=1S/C56H39N/c1-3-15-40(16-4-1)48-32-36-53(52-24-12-11-23-51(52)44-19-5-2-6-20-44)55(39-48)54-25-13-14-26-56(54)57(50-35-31-42-18-8-10-22-46(42)38-50)49-33-29-43(30-34-49)47-28-27-41-17-7-9-21-45(41)37-47/h1-39H. The third kappa shape index (κ3) is 6.66. The number of fused-ring (bicyclic) bond motifs is 2. The molecule has 1 nitrogen and oxygen atoms in total. The normalized spacial score (nSPS) is 11.2. The number of benzene rings is 10. The molecule has 10 aromatic rings. The molecular weight excluding hydrogens is 687 g/mol. The summed E-state index contributed by atoms with van der Waals surface area (Å²) in [6.07, 6.45) is 0. The summed E-state index contributed by atoms with van der Waals surface area (Å²) in [6.45, 7) is 0. The predicted molar refractivity (Wildman–Crippen MR) is 243 cm³/mol. The maximum absolute atomic E-state index is 2.42. The van der Waals surface area contributed by atoms with Gasteiger partial charge in [-0.3, -0.25) is 0 Å². The van der Waals surface area contributed by atoms with Crippen LogP contribution in [0.15, 0.2) is 237 Å². The molecule has 0 fully saturated rings. The highest BCUT2D eigenvalue weighted by Gasteiger charge is 2.21. The lowest BCUT2D eigenvalue weighted by molar-refractivity contribution is 1.29. The van der Waals surface area contributed by atoms with E-state index in [1.807, 2.05) is 0 Å². The van der Waals surface area contributed by atoms with Gasteiger partial charge in [0, 0.05) is 16.9 Å². The summed E-state index contributed by atoms with van der Waals surface area (Å²) in [4.78, 5) is 2.42. The molecule has 0 heterocycles. The second-order valence-corrected chi connectivity index (χ2v) is 14.5. The molecule has 0 N–H and O–H groups in total. The van der Waals surface area contributed by atoms with Crippen molar-refractivity contribution in [3.8, 4) is 55.6 Å². The average molecular weight is 726 g/mol. The second kappa shape index (κ2) is 15.0. The van der Waals surface area contributed by atoms with E-state index in [9.17, 15) is 0 Å². The van der Waals surface area contributed by atoms with Crippen LogP contribution in [0.25, 0.3) is 77.2 Å². The predicted octanol–water partition coefficient (Wildman–Crippen LogP) is 15.8. The molecule has 0 amide bonds. The summed E-state index contributed by atoms with van der Waals surface area (Å²) in [5, 5.41) is 4.91. The molecule has 0 aromatic heterocycles. The quantitative estimate of drug-likeness (QED) is 0.151. The number of anilines is 3. The van der Waals surface area contributed by atoms with Gasteiger partial charge in [-0.25, -0.2) is 0 Å². The maximum Gasteiger partial charge on any atom is 0.0540 e. The topological polar surface area (TPSA) is 3.24 Å². The monoisotopic (exact) mass is 725 g/mol. The van der Waals surface area contributed by atoms with Gasteiger partial charge in [-0.05, 0) is 114 Å². The molecular formula is C56H39N. The molecule has 268 valence electrons. The van der Waals surface area contributed by atoms with Crippen LogP contribution < -0.4 is 4.90 Å². The Balaban J connectivity index is 1.18. The van der Waals surface area contributed by atoms with Crippen molar-refractivity contribution >= 4 is 38.6 Å². The number of para-hydroxylation sites is 1. The van der Waals surface area contributed by atoms with Crippen LogP contribution in [0.1, 0.15) is 0 Å². The summed E-state index contributed by atoms with van der Waals surface area (Å²) in [7, 11) is 0. The van der Waals surface area contributed by atoms with Crippen molar-refractivity contribution in [2.75, 3.05) is 4.90 Å².